The van der Waals surface area contributed by atoms with Crippen molar-refractivity contribution >= 4 is 30.6 Å². The van der Waals surface area contributed by atoms with Gasteiger partial charge in [0.15, 0.2) is 0 Å². The van der Waals surface area contributed by atoms with Crippen LogP contribution in [0.1, 0.15) is 19.9 Å². The molecule has 1 aromatic heterocycles. The van der Waals surface area contributed by atoms with E-state index in [1.165, 1.54) is 6.07 Å². The van der Waals surface area contributed by atoms with E-state index in [1.807, 2.05) is 13.8 Å². The number of benzene rings is 1. The SMILES string of the molecule is CC(C)n1cc2c(S(=O)(=O)Cl)cccc2n1. The summed E-state index contributed by atoms with van der Waals surface area (Å²) in [6, 6.07) is 5.06. The molecule has 0 atom stereocenters. The predicted octanol–water partition coefficient (Wildman–Crippen LogP) is 2.54. The molecule has 4 nitrogen and oxygen atoms in total. The molecule has 16 heavy (non-hydrogen) atoms. The minimum absolute atomic E-state index is 0.110. The van der Waals surface area contributed by atoms with Crippen LogP contribution in [0.3, 0.4) is 0 Å². The second-order valence-electron chi connectivity index (χ2n) is 3.83. The Hall–Kier alpha value is -1.07. The molecule has 0 fully saturated rings. The minimum Gasteiger partial charge on any atom is -0.269 e. The second kappa shape index (κ2) is 3.75. The van der Waals surface area contributed by atoms with E-state index in [9.17, 15) is 8.42 Å². The highest BCUT2D eigenvalue weighted by molar-refractivity contribution is 8.14. The molecule has 1 heterocycles. The van der Waals surface area contributed by atoms with E-state index in [-0.39, 0.29) is 10.9 Å². The Kier molecular flexibility index (Phi) is 2.67. The molecule has 0 unspecified atom stereocenters. The smallest absolute Gasteiger partial charge is 0.262 e. The lowest BCUT2D eigenvalue weighted by Gasteiger charge is -2.02. The first-order valence-corrected chi connectivity index (χ1v) is 7.13. The molecule has 0 radical (unpaired) electrons. The molecule has 0 aliphatic rings. The van der Waals surface area contributed by atoms with Crippen molar-refractivity contribution in [2.75, 3.05) is 0 Å². The molecular weight excluding hydrogens is 248 g/mol. The maximum atomic E-state index is 11.4. The number of hydrogen-bond donors (Lipinski definition) is 0. The van der Waals surface area contributed by atoms with Gasteiger partial charge in [-0.2, -0.15) is 5.10 Å². The topological polar surface area (TPSA) is 52.0 Å². The molecule has 0 aliphatic heterocycles. The fraction of sp³-hybridized carbons (Fsp3) is 0.300. The quantitative estimate of drug-likeness (QED) is 0.778. The summed E-state index contributed by atoms with van der Waals surface area (Å²) < 4.78 is 24.4. The van der Waals surface area contributed by atoms with Gasteiger partial charge in [0, 0.05) is 28.3 Å². The van der Waals surface area contributed by atoms with E-state index in [1.54, 1.807) is 23.0 Å². The Morgan fingerprint density at radius 3 is 2.62 bits per heavy atom. The summed E-state index contributed by atoms with van der Waals surface area (Å²) in [4.78, 5) is 0.110. The van der Waals surface area contributed by atoms with Gasteiger partial charge in [0.25, 0.3) is 9.05 Å². The summed E-state index contributed by atoms with van der Waals surface area (Å²) in [5.41, 5.74) is 0.635. The van der Waals surface area contributed by atoms with Crippen LogP contribution in [0.25, 0.3) is 10.9 Å². The van der Waals surface area contributed by atoms with Crippen molar-refractivity contribution in [1.29, 1.82) is 0 Å². The molecule has 0 spiro atoms. The van der Waals surface area contributed by atoms with Crippen LogP contribution in [-0.2, 0) is 9.05 Å². The fourth-order valence-electron chi connectivity index (χ4n) is 1.51. The number of aromatic nitrogens is 2. The lowest BCUT2D eigenvalue weighted by molar-refractivity contribution is 0.537. The third-order valence-corrected chi connectivity index (χ3v) is 3.70. The average Bonchev–Trinajstić information content (AvgIpc) is 2.58. The van der Waals surface area contributed by atoms with Crippen LogP contribution in [0.4, 0.5) is 0 Å². The highest BCUT2D eigenvalue weighted by Gasteiger charge is 2.16. The summed E-state index contributed by atoms with van der Waals surface area (Å²) in [6.07, 6.45) is 1.70. The largest absolute Gasteiger partial charge is 0.269 e. The maximum absolute atomic E-state index is 11.4. The van der Waals surface area contributed by atoms with E-state index in [4.69, 9.17) is 10.7 Å². The Morgan fingerprint density at radius 2 is 2.06 bits per heavy atom. The first-order chi connectivity index (χ1) is 7.39. The van der Waals surface area contributed by atoms with Crippen molar-refractivity contribution in [2.24, 2.45) is 0 Å². The summed E-state index contributed by atoms with van der Waals surface area (Å²) in [5, 5.41) is 4.84. The molecule has 0 bridgehead atoms. The van der Waals surface area contributed by atoms with Gasteiger partial charge >= 0.3 is 0 Å². The van der Waals surface area contributed by atoms with Crippen LogP contribution in [-0.4, -0.2) is 18.2 Å². The van der Waals surface area contributed by atoms with Gasteiger partial charge in [0.2, 0.25) is 0 Å². The Labute approximate surface area is 98.2 Å². The molecule has 0 aliphatic carbocycles. The van der Waals surface area contributed by atoms with Crippen molar-refractivity contribution in [2.45, 2.75) is 24.8 Å². The van der Waals surface area contributed by atoms with Gasteiger partial charge in [-0.25, -0.2) is 8.42 Å². The van der Waals surface area contributed by atoms with E-state index < -0.39 is 9.05 Å². The Morgan fingerprint density at radius 1 is 1.38 bits per heavy atom. The van der Waals surface area contributed by atoms with Gasteiger partial charge in [0.05, 0.1) is 10.4 Å². The third kappa shape index (κ3) is 1.92. The normalized spacial score (nSPS) is 12.5. The molecule has 86 valence electrons. The van der Waals surface area contributed by atoms with Gasteiger partial charge in [-0.05, 0) is 26.0 Å². The third-order valence-electron chi connectivity index (χ3n) is 2.32. The summed E-state index contributed by atoms with van der Waals surface area (Å²) in [7, 11) is 1.64. The monoisotopic (exact) mass is 258 g/mol. The lowest BCUT2D eigenvalue weighted by Crippen LogP contribution is -1.99. The first-order valence-electron chi connectivity index (χ1n) is 4.82. The van der Waals surface area contributed by atoms with Gasteiger partial charge in [-0.1, -0.05) is 6.07 Å². The number of rotatable bonds is 2. The van der Waals surface area contributed by atoms with Gasteiger partial charge < -0.3 is 0 Å². The van der Waals surface area contributed by atoms with Gasteiger partial charge in [-0.3, -0.25) is 4.68 Å². The van der Waals surface area contributed by atoms with E-state index in [0.717, 1.165) is 0 Å². The molecule has 0 saturated heterocycles. The molecule has 1 aromatic carbocycles. The van der Waals surface area contributed by atoms with Crippen LogP contribution >= 0.6 is 10.7 Å². The maximum Gasteiger partial charge on any atom is 0.262 e. The average molecular weight is 259 g/mol. The van der Waals surface area contributed by atoms with Crippen molar-refractivity contribution in [3.63, 3.8) is 0 Å². The highest BCUT2D eigenvalue weighted by Crippen LogP contribution is 2.25. The standard InChI is InChI=1S/C10H11ClN2O2S/c1-7(2)13-6-8-9(12-13)4-3-5-10(8)16(11,14)15/h3-7H,1-2H3. The molecule has 0 N–H and O–H groups in total. The van der Waals surface area contributed by atoms with Gasteiger partial charge in [0.1, 0.15) is 0 Å². The minimum atomic E-state index is -3.72. The molecular formula is C10H11ClN2O2S. The Bertz CT molecular complexity index is 631. The lowest BCUT2D eigenvalue weighted by atomic mass is 10.2. The van der Waals surface area contributed by atoms with E-state index in [2.05, 4.69) is 5.10 Å². The molecule has 6 heteroatoms. The molecule has 0 saturated carbocycles. The van der Waals surface area contributed by atoms with Crippen molar-refractivity contribution in [3.05, 3.63) is 24.4 Å². The van der Waals surface area contributed by atoms with Crippen LogP contribution < -0.4 is 0 Å². The zero-order valence-electron chi connectivity index (χ0n) is 8.88. The fourth-order valence-corrected chi connectivity index (χ4v) is 2.58. The first kappa shape index (κ1) is 11.4. The van der Waals surface area contributed by atoms with Crippen molar-refractivity contribution in [1.82, 2.24) is 9.78 Å². The zero-order chi connectivity index (χ0) is 11.9. The number of nitrogens with zero attached hydrogens (tertiary/aromatic N) is 2. The highest BCUT2D eigenvalue weighted by atomic mass is 35.7. The van der Waals surface area contributed by atoms with Gasteiger partial charge in [-0.15, -0.1) is 0 Å². The van der Waals surface area contributed by atoms with Crippen LogP contribution in [0.15, 0.2) is 29.3 Å². The number of halogens is 1. The summed E-state index contributed by atoms with van der Waals surface area (Å²) in [6.45, 7) is 3.95. The van der Waals surface area contributed by atoms with Crippen LogP contribution in [0.2, 0.25) is 0 Å². The summed E-state index contributed by atoms with van der Waals surface area (Å²) in [5.74, 6) is 0. The van der Waals surface area contributed by atoms with E-state index >= 15 is 0 Å². The van der Waals surface area contributed by atoms with E-state index in [0.29, 0.717) is 10.9 Å². The van der Waals surface area contributed by atoms with Crippen LogP contribution in [0, 0.1) is 0 Å². The van der Waals surface area contributed by atoms with Crippen molar-refractivity contribution in [3.8, 4) is 0 Å². The molecule has 2 rings (SSSR count). The predicted molar refractivity (Wildman–Crippen MR) is 63.2 cm³/mol. The molecule has 0 amide bonds. The van der Waals surface area contributed by atoms with Crippen LogP contribution in [0.5, 0.6) is 0 Å². The van der Waals surface area contributed by atoms with Crippen molar-refractivity contribution < 1.29 is 8.42 Å². The second-order valence-corrected chi connectivity index (χ2v) is 6.36. The number of fused-ring (bicyclic) bond motifs is 1. The Balaban J connectivity index is 2.78. The molecule has 2 aromatic rings. The summed E-state index contributed by atoms with van der Waals surface area (Å²) >= 11 is 0. The zero-order valence-corrected chi connectivity index (χ0v) is 10.5. The number of hydrogen-bond acceptors (Lipinski definition) is 3.